The van der Waals surface area contributed by atoms with Gasteiger partial charge in [-0.3, -0.25) is 0 Å². The smallest absolute Gasteiger partial charge is 0.0839 e. The lowest BCUT2D eigenvalue weighted by atomic mass is 10.1. The molecule has 0 saturated carbocycles. The lowest BCUT2D eigenvalue weighted by Crippen LogP contribution is -2.45. The number of likely N-dealkylation sites (N-methyl/N-ethyl adjacent to an activating group) is 1. The highest BCUT2D eigenvalue weighted by Gasteiger charge is 2.21. The molecule has 0 amide bonds. The summed E-state index contributed by atoms with van der Waals surface area (Å²) in [5.41, 5.74) is 2.44. The number of hydrogen-bond donors (Lipinski definition) is 2. The third kappa shape index (κ3) is 3.85. The first-order chi connectivity index (χ1) is 9.72. The van der Waals surface area contributed by atoms with E-state index in [4.69, 9.17) is 4.74 Å². The van der Waals surface area contributed by atoms with E-state index >= 15 is 0 Å². The minimum atomic E-state index is -0.372. The maximum Gasteiger partial charge on any atom is 0.0839 e. The maximum absolute atomic E-state index is 10.1. The molecule has 5 heteroatoms. The first-order valence-corrected chi connectivity index (χ1v) is 7.15. The summed E-state index contributed by atoms with van der Waals surface area (Å²) in [5, 5.41) is 13.3. The molecule has 5 nitrogen and oxygen atoms in total. The first-order valence-electron chi connectivity index (χ1n) is 7.15. The van der Waals surface area contributed by atoms with E-state index < -0.39 is 0 Å². The highest BCUT2D eigenvalue weighted by atomic mass is 16.5. The van der Waals surface area contributed by atoms with E-state index in [9.17, 15) is 5.11 Å². The molecule has 0 bridgehead atoms. The van der Waals surface area contributed by atoms with Gasteiger partial charge in [0.25, 0.3) is 0 Å². The number of aliphatic hydroxyl groups excluding tert-OH is 1. The topological polar surface area (TPSA) is 48.0 Å². The van der Waals surface area contributed by atoms with Gasteiger partial charge in [0.05, 0.1) is 24.1 Å². The molecule has 0 radical (unpaired) electrons. The van der Waals surface area contributed by atoms with E-state index in [2.05, 4.69) is 40.4 Å². The van der Waals surface area contributed by atoms with Crippen LogP contribution in [0.5, 0.6) is 0 Å². The van der Waals surface area contributed by atoms with Crippen LogP contribution in [0.3, 0.4) is 0 Å². The minimum Gasteiger partial charge on any atom is -0.390 e. The molecule has 0 aliphatic carbocycles. The van der Waals surface area contributed by atoms with E-state index in [1.165, 1.54) is 11.4 Å². The molecule has 1 aliphatic heterocycles. The van der Waals surface area contributed by atoms with Gasteiger partial charge >= 0.3 is 0 Å². The Kier molecular flexibility index (Phi) is 5.64. The number of aliphatic hydroxyl groups is 1. The van der Waals surface area contributed by atoms with Crippen LogP contribution in [0.15, 0.2) is 24.3 Å². The second-order valence-corrected chi connectivity index (χ2v) is 5.21. The van der Waals surface area contributed by atoms with E-state index in [1.807, 2.05) is 6.07 Å². The summed E-state index contributed by atoms with van der Waals surface area (Å²) >= 11 is 0. The first kappa shape index (κ1) is 15.1. The number of anilines is 2. The molecule has 0 spiro atoms. The third-order valence-corrected chi connectivity index (χ3v) is 3.63. The Labute approximate surface area is 121 Å². The number of hydrogen-bond acceptors (Lipinski definition) is 5. The van der Waals surface area contributed by atoms with Crippen molar-refractivity contribution in [1.29, 1.82) is 0 Å². The fourth-order valence-electron chi connectivity index (χ4n) is 2.52. The van der Waals surface area contributed by atoms with Crippen molar-refractivity contribution in [2.45, 2.75) is 6.10 Å². The number of benzene rings is 1. The van der Waals surface area contributed by atoms with Crippen molar-refractivity contribution in [3.05, 3.63) is 24.3 Å². The normalized spacial score (nSPS) is 16.1. The van der Waals surface area contributed by atoms with Crippen LogP contribution in [-0.4, -0.2) is 64.7 Å². The second kappa shape index (κ2) is 7.47. The molecule has 0 fully saturated rings. The maximum atomic E-state index is 10.1. The fourth-order valence-corrected chi connectivity index (χ4v) is 2.52. The number of β-amino-alcohol motifs (C(OH)–C–C–N with tert-alkyl or cyclic N) is 1. The zero-order valence-corrected chi connectivity index (χ0v) is 12.4. The van der Waals surface area contributed by atoms with Crippen LogP contribution in [0, 0.1) is 0 Å². The number of para-hydroxylation sites is 2. The number of fused-ring (bicyclic) bond motifs is 1. The molecule has 20 heavy (non-hydrogen) atoms. The van der Waals surface area contributed by atoms with Gasteiger partial charge in [0.15, 0.2) is 0 Å². The Morgan fingerprint density at radius 2 is 2.05 bits per heavy atom. The van der Waals surface area contributed by atoms with Gasteiger partial charge in [0, 0.05) is 46.9 Å². The fraction of sp³-hybridized carbons (Fsp3) is 0.600. The Hall–Kier alpha value is -1.30. The molecule has 2 rings (SSSR count). The average molecular weight is 279 g/mol. The van der Waals surface area contributed by atoms with Crippen LogP contribution in [0.4, 0.5) is 11.4 Å². The van der Waals surface area contributed by atoms with E-state index in [-0.39, 0.29) is 6.10 Å². The Morgan fingerprint density at radius 3 is 2.80 bits per heavy atom. The monoisotopic (exact) mass is 279 g/mol. The summed E-state index contributed by atoms with van der Waals surface area (Å²) in [6.45, 7) is 4.63. The van der Waals surface area contributed by atoms with Gasteiger partial charge in [-0.2, -0.15) is 0 Å². The van der Waals surface area contributed by atoms with Gasteiger partial charge in [0.2, 0.25) is 0 Å². The van der Waals surface area contributed by atoms with E-state index in [0.29, 0.717) is 19.7 Å². The largest absolute Gasteiger partial charge is 0.390 e. The molecule has 2 N–H and O–H groups in total. The number of ether oxygens (including phenoxy) is 1. The van der Waals surface area contributed by atoms with Crippen LogP contribution in [0.25, 0.3) is 0 Å². The molecule has 1 atom stereocenters. The molecule has 0 aromatic heterocycles. The van der Waals surface area contributed by atoms with Crippen molar-refractivity contribution in [3.63, 3.8) is 0 Å². The van der Waals surface area contributed by atoms with Crippen LogP contribution in [-0.2, 0) is 4.74 Å². The number of nitrogens with one attached hydrogen (secondary N) is 1. The van der Waals surface area contributed by atoms with Gasteiger partial charge in [-0.15, -0.1) is 0 Å². The standard InChI is InChI=1S/C15H25N3O2/c1-17-8-9-18(15-6-4-3-5-14(15)17)12-13(19)11-16-7-10-20-2/h3-6,13,16,19H,7-12H2,1-2H3. The van der Waals surface area contributed by atoms with Crippen molar-refractivity contribution >= 4 is 11.4 Å². The average Bonchev–Trinajstić information content (AvgIpc) is 2.47. The number of rotatable bonds is 7. The molecular formula is C15H25N3O2. The van der Waals surface area contributed by atoms with Crippen LogP contribution < -0.4 is 15.1 Å². The quantitative estimate of drug-likeness (QED) is 0.714. The second-order valence-electron chi connectivity index (χ2n) is 5.21. The minimum absolute atomic E-state index is 0.372. The lowest BCUT2D eigenvalue weighted by molar-refractivity contribution is 0.163. The van der Waals surface area contributed by atoms with Crippen molar-refractivity contribution in [2.75, 3.05) is 63.3 Å². The van der Waals surface area contributed by atoms with Gasteiger partial charge in [-0.05, 0) is 12.1 Å². The Balaban J connectivity index is 1.89. The summed E-state index contributed by atoms with van der Waals surface area (Å²) in [6, 6.07) is 8.36. The van der Waals surface area contributed by atoms with Crippen molar-refractivity contribution in [1.82, 2.24) is 5.32 Å². The van der Waals surface area contributed by atoms with Crippen LogP contribution in [0.2, 0.25) is 0 Å². The van der Waals surface area contributed by atoms with E-state index in [0.717, 1.165) is 19.6 Å². The zero-order valence-electron chi connectivity index (χ0n) is 12.4. The Morgan fingerprint density at radius 1 is 1.30 bits per heavy atom. The molecular weight excluding hydrogens is 254 g/mol. The molecule has 1 aromatic carbocycles. The summed E-state index contributed by atoms with van der Waals surface area (Å²) in [5.74, 6) is 0. The summed E-state index contributed by atoms with van der Waals surface area (Å²) < 4.78 is 4.97. The SMILES string of the molecule is COCCNCC(O)CN1CCN(C)c2ccccc21. The highest BCUT2D eigenvalue weighted by Crippen LogP contribution is 2.31. The predicted molar refractivity (Wildman–Crippen MR) is 82.7 cm³/mol. The van der Waals surface area contributed by atoms with Gasteiger partial charge in [0.1, 0.15) is 0 Å². The number of nitrogens with zero attached hydrogens (tertiary/aromatic N) is 2. The van der Waals surface area contributed by atoms with Crippen molar-refractivity contribution in [3.8, 4) is 0 Å². The predicted octanol–water partition coefficient (Wildman–Crippen LogP) is 0.540. The van der Waals surface area contributed by atoms with Crippen LogP contribution >= 0.6 is 0 Å². The summed E-state index contributed by atoms with van der Waals surface area (Å²) in [7, 11) is 3.79. The van der Waals surface area contributed by atoms with Crippen molar-refractivity contribution < 1.29 is 9.84 Å². The summed E-state index contributed by atoms with van der Waals surface area (Å²) in [6.07, 6.45) is -0.372. The zero-order chi connectivity index (χ0) is 14.4. The van der Waals surface area contributed by atoms with Crippen molar-refractivity contribution in [2.24, 2.45) is 0 Å². The molecule has 1 aliphatic rings. The van der Waals surface area contributed by atoms with E-state index in [1.54, 1.807) is 7.11 Å². The third-order valence-electron chi connectivity index (χ3n) is 3.63. The Bertz CT molecular complexity index is 414. The summed E-state index contributed by atoms with van der Waals surface area (Å²) in [4.78, 5) is 4.52. The molecule has 112 valence electrons. The highest BCUT2D eigenvalue weighted by molar-refractivity contribution is 5.73. The molecule has 1 unspecified atom stereocenters. The van der Waals surface area contributed by atoms with Gasteiger partial charge in [-0.25, -0.2) is 0 Å². The molecule has 0 saturated heterocycles. The lowest BCUT2D eigenvalue weighted by Gasteiger charge is -2.38. The van der Waals surface area contributed by atoms with Gasteiger partial charge in [-0.1, -0.05) is 12.1 Å². The molecule has 1 heterocycles. The van der Waals surface area contributed by atoms with Gasteiger partial charge < -0.3 is 25.0 Å². The number of methoxy groups -OCH3 is 1. The van der Waals surface area contributed by atoms with Crippen LogP contribution in [0.1, 0.15) is 0 Å². The molecule has 1 aromatic rings.